The molecule has 158 valence electrons. The molecule has 1 amide bonds. The predicted molar refractivity (Wildman–Crippen MR) is 117 cm³/mol. The molecule has 0 saturated heterocycles. The van der Waals surface area contributed by atoms with Gasteiger partial charge in [0.25, 0.3) is 11.5 Å². The van der Waals surface area contributed by atoms with Crippen molar-refractivity contribution >= 4 is 16.9 Å². The Kier molecular flexibility index (Phi) is 6.07. The van der Waals surface area contributed by atoms with Crippen molar-refractivity contribution < 1.29 is 9.53 Å². The summed E-state index contributed by atoms with van der Waals surface area (Å²) in [5.41, 5.74) is 2.45. The maximum absolute atomic E-state index is 12.8. The van der Waals surface area contributed by atoms with E-state index in [1.165, 1.54) is 12.5 Å². The summed E-state index contributed by atoms with van der Waals surface area (Å²) in [5.74, 6) is 0.431. The third-order valence-corrected chi connectivity index (χ3v) is 4.82. The number of carbonyl (C=O) groups excluding carboxylic acids is 1. The summed E-state index contributed by atoms with van der Waals surface area (Å²) in [6.07, 6.45) is 3.05. The molecule has 4 rings (SSSR count). The highest BCUT2D eigenvalue weighted by Gasteiger charge is 2.11. The van der Waals surface area contributed by atoms with Crippen molar-refractivity contribution in [3.05, 3.63) is 88.6 Å². The highest BCUT2D eigenvalue weighted by molar-refractivity contribution is 5.77. The van der Waals surface area contributed by atoms with Gasteiger partial charge in [-0.25, -0.2) is 9.67 Å². The molecule has 0 aliphatic carbocycles. The average molecular weight is 417 g/mol. The molecule has 31 heavy (non-hydrogen) atoms. The monoisotopic (exact) mass is 417 g/mol. The van der Waals surface area contributed by atoms with Gasteiger partial charge in [-0.1, -0.05) is 42.5 Å². The van der Waals surface area contributed by atoms with E-state index in [0.717, 1.165) is 11.1 Å². The minimum absolute atomic E-state index is 0.0637. The zero-order valence-electron chi connectivity index (χ0n) is 17.2. The number of nitrogens with zero attached hydrogens (tertiary/aromatic N) is 4. The van der Waals surface area contributed by atoms with Crippen molar-refractivity contribution in [3.8, 4) is 5.75 Å². The highest BCUT2D eigenvalue weighted by Crippen LogP contribution is 2.12. The summed E-state index contributed by atoms with van der Waals surface area (Å²) in [4.78, 5) is 29.2. The first-order valence-electron chi connectivity index (χ1n) is 10.0. The van der Waals surface area contributed by atoms with Crippen molar-refractivity contribution in [1.82, 2.24) is 24.6 Å². The van der Waals surface area contributed by atoms with Crippen molar-refractivity contribution in [1.29, 1.82) is 0 Å². The first-order valence-corrected chi connectivity index (χ1v) is 10.0. The van der Waals surface area contributed by atoms with E-state index in [0.29, 0.717) is 36.4 Å². The van der Waals surface area contributed by atoms with Crippen LogP contribution in [0.4, 0.5) is 0 Å². The lowest BCUT2D eigenvalue weighted by atomic mass is 10.2. The summed E-state index contributed by atoms with van der Waals surface area (Å²) in [6, 6.07) is 17.3. The number of rotatable bonds is 8. The molecule has 0 aliphatic rings. The molecule has 2 aromatic heterocycles. The van der Waals surface area contributed by atoms with Crippen molar-refractivity contribution in [2.45, 2.75) is 20.0 Å². The van der Waals surface area contributed by atoms with Crippen LogP contribution in [-0.4, -0.2) is 38.4 Å². The second-order valence-electron chi connectivity index (χ2n) is 7.22. The van der Waals surface area contributed by atoms with E-state index in [1.54, 1.807) is 9.25 Å². The zero-order valence-corrected chi connectivity index (χ0v) is 17.2. The lowest BCUT2D eigenvalue weighted by molar-refractivity contribution is -0.123. The second-order valence-corrected chi connectivity index (χ2v) is 7.22. The maximum atomic E-state index is 12.8. The highest BCUT2D eigenvalue weighted by atomic mass is 16.5. The Balaban J connectivity index is 1.34. The topological polar surface area (TPSA) is 91.0 Å². The van der Waals surface area contributed by atoms with Gasteiger partial charge in [0.2, 0.25) is 0 Å². The van der Waals surface area contributed by atoms with Crippen LogP contribution in [-0.2, 0) is 17.9 Å². The van der Waals surface area contributed by atoms with Crippen molar-refractivity contribution in [3.63, 3.8) is 0 Å². The third-order valence-electron chi connectivity index (χ3n) is 4.82. The molecule has 0 fully saturated rings. The van der Waals surface area contributed by atoms with E-state index in [4.69, 9.17) is 4.74 Å². The number of amides is 1. The normalized spacial score (nSPS) is 10.9. The van der Waals surface area contributed by atoms with Gasteiger partial charge in [0.1, 0.15) is 17.5 Å². The number of benzene rings is 2. The van der Waals surface area contributed by atoms with Crippen molar-refractivity contribution in [2.75, 3.05) is 13.2 Å². The van der Waals surface area contributed by atoms with Gasteiger partial charge >= 0.3 is 0 Å². The lowest BCUT2D eigenvalue weighted by Crippen LogP contribution is -2.31. The molecule has 2 aromatic carbocycles. The van der Waals surface area contributed by atoms with Crippen LogP contribution >= 0.6 is 0 Å². The van der Waals surface area contributed by atoms with Crippen LogP contribution in [0.5, 0.6) is 5.75 Å². The zero-order chi connectivity index (χ0) is 21.6. The summed E-state index contributed by atoms with van der Waals surface area (Å²) >= 11 is 0. The first kappa shape index (κ1) is 20.3. The summed E-state index contributed by atoms with van der Waals surface area (Å²) in [7, 11) is 0. The molecule has 0 aliphatic heterocycles. The van der Waals surface area contributed by atoms with Gasteiger partial charge in [0.05, 0.1) is 19.3 Å². The molecule has 0 bridgehead atoms. The number of hydrogen-bond acceptors (Lipinski definition) is 5. The number of aryl methyl sites for hydroxylation is 1. The molecule has 8 nitrogen and oxygen atoms in total. The van der Waals surface area contributed by atoms with Crippen molar-refractivity contribution in [2.24, 2.45) is 0 Å². The van der Waals surface area contributed by atoms with E-state index in [9.17, 15) is 9.59 Å². The van der Waals surface area contributed by atoms with E-state index < -0.39 is 0 Å². The molecule has 4 aromatic rings. The van der Waals surface area contributed by atoms with Crippen LogP contribution in [0.1, 0.15) is 11.1 Å². The van der Waals surface area contributed by atoms with Gasteiger partial charge in [0.15, 0.2) is 12.3 Å². The van der Waals surface area contributed by atoms with Crippen LogP contribution in [0.15, 0.2) is 71.9 Å². The summed E-state index contributed by atoms with van der Waals surface area (Å²) in [6.45, 7) is 3.10. The Labute approximate surface area is 179 Å². The molecule has 0 atom stereocenters. The average Bonchev–Trinajstić information content (AvgIpc) is 3.19. The van der Waals surface area contributed by atoms with Gasteiger partial charge in [-0.3, -0.25) is 14.2 Å². The van der Waals surface area contributed by atoms with Crippen LogP contribution in [0.3, 0.4) is 0 Å². The Morgan fingerprint density at radius 2 is 1.97 bits per heavy atom. The van der Waals surface area contributed by atoms with Gasteiger partial charge in [-0.15, -0.1) is 0 Å². The lowest BCUT2D eigenvalue weighted by Gasteiger charge is -2.09. The summed E-state index contributed by atoms with van der Waals surface area (Å²) < 4.78 is 8.67. The van der Waals surface area contributed by atoms with Gasteiger partial charge in [-0.2, -0.15) is 5.10 Å². The Bertz CT molecular complexity index is 1250. The smallest absolute Gasteiger partial charge is 0.264 e. The standard InChI is InChI=1S/C23H23N5O3/c1-17-6-5-9-19(12-17)31-15-21(29)24-10-11-28-22-20(13-26-28)23(30)27(16-25-22)14-18-7-3-2-4-8-18/h2-9,12-13,16H,10-11,14-15H2,1H3,(H,24,29). The number of fused-ring (bicyclic) bond motifs is 1. The molecule has 0 radical (unpaired) electrons. The van der Waals surface area contributed by atoms with E-state index >= 15 is 0 Å². The Hall–Kier alpha value is -3.94. The fourth-order valence-corrected chi connectivity index (χ4v) is 3.26. The second kappa shape index (κ2) is 9.25. The minimum atomic E-state index is -0.226. The number of aromatic nitrogens is 4. The van der Waals surface area contributed by atoms with Crippen LogP contribution in [0.25, 0.3) is 11.0 Å². The van der Waals surface area contributed by atoms with Crippen LogP contribution < -0.4 is 15.6 Å². The largest absolute Gasteiger partial charge is 0.484 e. The minimum Gasteiger partial charge on any atom is -0.484 e. The molecular weight excluding hydrogens is 394 g/mol. The van der Waals surface area contributed by atoms with E-state index in [-0.39, 0.29) is 18.1 Å². The fraction of sp³-hybridized carbons (Fsp3) is 0.217. The maximum Gasteiger partial charge on any atom is 0.264 e. The molecule has 8 heteroatoms. The van der Waals surface area contributed by atoms with Gasteiger partial charge in [0, 0.05) is 6.54 Å². The van der Waals surface area contributed by atoms with E-state index in [1.807, 2.05) is 61.5 Å². The number of nitrogens with one attached hydrogen (secondary N) is 1. The molecular formula is C23H23N5O3. The molecule has 0 spiro atoms. The quantitative estimate of drug-likeness (QED) is 0.474. The first-order chi connectivity index (χ1) is 15.1. The number of ether oxygens (including phenoxy) is 1. The van der Waals surface area contributed by atoms with Gasteiger partial charge < -0.3 is 10.1 Å². The summed E-state index contributed by atoms with van der Waals surface area (Å²) in [5, 5.41) is 7.51. The third kappa shape index (κ3) is 4.98. The number of carbonyl (C=O) groups is 1. The Morgan fingerprint density at radius 1 is 1.13 bits per heavy atom. The van der Waals surface area contributed by atoms with Gasteiger partial charge in [-0.05, 0) is 30.2 Å². The predicted octanol–water partition coefficient (Wildman–Crippen LogP) is 2.14. The molecule has 1 N–H and O–H groups in total. The molecule has 0 saturated carbocycles. The van der Waals surface area contributed by atoms with Crippen LogP contribution in [0.2, 0.25) is 0 Å². The molecule has 0 unspecified atom stereocenters. The molecule has 2 heterocycles. The van der Waals surface area contributed by atoms with Crippen LogP contribution in [0, 0.1) is 6.92 Å². The number of hydrogen-bond donors (Lipinski definition) is 1. The SMILES string of the molecule is Cc1cccc(OCC(=O)NCCn2ncc3c(=O)n(Cc4ccccc4)cnc32)c1. The Morgan fingerprint density at radius 3 is 2.77 bits per heavy atom. The fourth-order valence-electron chi connectivity index (χ4n) is 3.26. The van der Waals surface area contributed by atoms with E-state index in [2.05, 4.69) is 15.4 Å².